The largest absolute Gasteiger partial charge is 0.456 e. The van der Waals surface area contributed by atoms with E-state index in [0.717, 1.165) is 39.0 Å². The van der Waals surface area contributed by atoms with Gasteiger partial charge in [0.15, 0.2) is 0 Å². The quantitative estimate of drug-likeness (QED) is 0.186. The van der Waals surface area contributed by atoms with Crippen molar-refractivity contribution in [1.29, 1.82) is 0 Å². The summed E-state index contributed by atoms with van der Waals surface area (Å²) in [4.78, 5) is 2.40. The van der Waals surface area contributed by atoms with Gasteiger partial charge in [0, 0.05) is 33.8 Å². The van der Waals surface area contributed by atoms with Gasteiger partial charge in [0.2, 0.25) is 0 Å². The molecule has 1 aromatic heterocycles. The third kappa shape index (κ3) is 5.21. The van der Waals surface area contributed by atoms with Crippen molar-refractivity contribution in [2.24, 2.45) is 0 Å². The molecule has 1 heterocycles. The second-order valence-electron chi connectivity index (χ2n) is 14.2. The summed E-state index contributed by atoms with van der Waals surface area (Å²) in [6, 6.07) is 61.4. The number of benzene rings is 8. The van der Waals surface area contributed by atoms with E-state index in [4.69, 9.17) is 4.42 Å². The molecule has 0 aliphatic heterocycles. The number of hydrogen-bond donors (Lipinski definition) is 0. The van der Waals surface area contributed by atoms with E-state index in [1.165, 1.54) is 49.4 Å². The zero-order valence-electron chi connectivity index (χ0n) is 28.5. The monoisotopic (exact) mass is 643 g/mol. The van der Waals surface area contributed by atoms with E-state index in [0.29, 0.717) is 0 Å². The molecule has 0 N–H and O–H groups in total. The molecular formula is C48H37NO. The molecule has 9 aromatic rings. The molecule has 0 unspecified atom stereocenters. The Bertz CT molecular complexity index is 2680. The first-order valence-electron chi connectivity index (χ1n) is 17.3. The SMILES string of the molecule is CC(C)(C)c1ccc(N(c2ccc3c(c2)oc2cc4ccccc4cc23)c2ccc3ccccc3c2-c2cccc(-c3ccccc3)c2)cc1. The Kier molecular flexibility index (Phi) is 7.07. The highest BCUT2D eigenvalue weighted by Crippen LogP contribution is 2.46. The third-order valence-corrected chi connectivity index (χ3v) is 9.98. The predicted molar refractivity (Wildman–Crippen MR) is 213 cm³/mol. The molecule has 0 saturated heterocycles. The van der Waals surface area contributed by atoms with E-state index < -0.39 is 0 Å². The van der Waals surface area contributed by atoms with E-state index in [2.05, 4.69) is 196 Å². The van der Waals surface area contributed by atoms with Crippen molar-refractivity contribution in [1.82, 2.24) is 0 Å². The first kappa shape index (κ1) is 30.0. The summed E-state index contributed by atoms with van der Waals surface area (Å²) in [5.41, 5.74) is 11.1. The Hall–Kier alpha value is -6.12. The fourth-order valence-corrected chi connectivity index (χ4v) is 7.36. The molecular weight excluding hydrogens is 607 g/mol. The standard InChI is InChI=1S/C48H37NO/c1-48(2,3)38-21-23-39(24-22-38)49(40-25-26-42-43-29-35-15-7-8-16-36(35)30-45(43)50-46(42)31-40)44-27-20-33-14-9-10-19-41(33)47(44)37-18-11-17-34(28-37)32-12-5-4-6-13-32/h4-31H,1-3H3. The molecule has 240 valence electrons. The van der Waals surface area contributed by atoms with Crippen LogP contribution in [0.5, 0.6) is 0 Å². The minimum absolute atomic E-state index is 0.0477. The summed E-state index contributed by atoms with van der Waals surface area (Å²) < 4.78 is 6.61. The molecule has 0 atom stereocenters. The summed E-state index contributed by atoms with van der Waals surface area (Å²) in [5, 5.41) is 7.06. The van der Waals surface area contributed by atoms with Gasteiger partial charge in [-0.05, 0) is 97.7 Å². The average Bonchev–Trinajstić information content (AvgIpc) is 3.50. The molecule has 0 aliphatic rings. The maximum atomic E-state index is 6.61. The van der Waals surface area contributed by atoms with E-state index in [9.17, 15) is 0 Å². The van der Waals surface area contributed by atoms with Crippen LogP contribution in [0, 0.1) is 0 Å². The zero-order chi connectivity index (χ0) is 33.8. The first-order chi connectivity index (χ1) is 24.4. The predicted octanol–water partition coefficient (Wildman–Crippen LogP) is 14.0. The van der Waals surface area contributed by atoms with Crippen LogP contribution in [0.3, 0.4) is 0 Å². The minimum atomic E-state index is 0.0477. The van der Waals surface area contributed by atoms with Crippen molar-refractivity contribution in [3.05, 3.63) is 175 Å². The summed E-state index contributed by atoms with van der Waals surface area (Å²) >= 11 is 0. The Morgan fingerprint density at radius 1 is 0.420 bits per heavy atom. The summed E-state index contributed by atoms with van der Waals surface area (Å²) in [5.74, 6) is 0. The van der Waals surface area contributed by atoms with Crippen LogP contribution in [0.4, 0.5) is 17.1 Å². The van der Waals surface area contributed by atoms with Gasteiger partial charge in [0.1, 0.15) is 11.2 Å². The lowest BCUT2D eigenvalue weighted by Gasteiger charge is -2.29. The molecule has 2 nitrogen and oxygen atoms in total. The Morgan fingerprint density at radius 3 is 1.84 bits per heavy atom. The van der Waals surface area contributed by atoms with Crippen molar-refractivity contribution in [3.8, 4) is 22.3 Å². The van der Waals surface area contributed by atoms with Gasteiger partial charge in [-0.15, -0.1) is 0 Å². The lowest BCUT2D eigenvalue weighted by atomic mass is 9.87. The summed E-state index contributed by atoms with van der Waals surface area (Å²) in [6.07, 6.45) is 0. The maximum Gasteiger partial charge on any atom is 0.137 e. The zero-order valence-corrected chi connectivity index (χ0v) is 28.5. The average molecular weight is 644 g/mol. The summed E-state index contributed by atoms with van der Waals surface area (Å²) in [7, 11) is 0. The minimum Gasteiger partial charge on any atom is -0.456 e. The molecule has 0 fully saturated rings. The van der Waals surface area contributed by atoms with Crippen LogP contribution >= 0.6 is 0 Å². The third-order valence-electron chi connectivity index (χ3n) is 9.98. The number of anilines is 3. The number of rotatable bonds is 5. The normalized spacial score (nSPS) is 11.9. The number of furan rings is 1. The fraction of sp³-hybridized carbons (Fsp3) is 0.0833. The van der Waals surface area contributed by atoms with Gasteiger partial charge in [-0.3, -0.25) is 0 Å². The van der Waals surface area contributed by atoms with E-state index in [1.54, 1.807) is 0 Å². The van der Waals surface area contributed by atoms with Crippen LogP contribution in [-0.4, -0.2) is 0 Å². The molecule has 2 heteroatoms. The van der Waals surface area contributed by atoms with Crippen molar-refractivity contribution in [2.75, 3.05) is 4.90 Å². The van der Waals surface area contributed by atoms with Crippen LogP contribution in [0.2, 0.25) is 0 Å². The topological polar surface area (TPSA) is 16.4 Å². The van der Waals surface area contributed by atoms with Crippen LogP contribution in [0.15, 0.2) is 174 Å². The van der Waals surface area contributed by atoms with Gasteiger partial charge in [-0.25, -0.2) is 0 Å². The van der Waals surface area contributed by atoms with Gasteiger partial charge in [-0.2, -0.15) is 0 Å². The molecule has 0 saturated carbocycles. The highest BCUT2D eigenvalue weighted by Gasteiger charge is 2.22. The maximum absolute atomic E-state index is 6.61. The number of nitrogens with zero attached hydrogens (tertiary/aromatic N) is 1. The van der Waals surface area contributed by atoms with Crippen LogP contribution in [-0.2, 0) is 5.41 Å². The highest BCUT2D eigenvalue weighted by atomic mass is 16.3. The first-order valence-corrected chi connectivity index (χ1v) is 17.3. The highest BCUT2D eigenvalue weighted by molar-refractivity contribution is 6.11. The lowest BCUT2D eigenvalue weighted by molar-refractivity contribution is 0.590. The Labute approximate surface area is 292 Å². The molecule has 8 aromatic carbocycles. The number of fused-ring (bicyclic) bond motifs is 5. The van der Waals surface area contributed by atoms with Gasteiger partial charge in [0.25, 0.3) is 0 Å². The van der Waals surface area contributed by atoms with E-state index in [1.807, 2.05) is 0 Å². The second kappa shape index (κ2) is 11.8. The molecule has 0 aliphatic carbocycles. The summed E-state index contributed by atoms with van der Waals surface area (Å²) in [6.45, 7) is 6.79. The van der Waals surface area contributed by atoms with Gasteiger partial charge >= 0.3 is 0 Å². The molecule has 0 amide bonds. The molecule has 9 rings (SSSR count). The molecule has 50 heavy (non-hydrogen) atoms. The van der Waals surface area contributed by atoms with Crippen LogP contribution < -0.4 is 4.90 Å². The second-order valence-corrected chi connectivity index (χ2v) is 14.2. The Morgan fingerprint density at radius 2 is 1.06 bits per heavy atom. The lowest BCUT2D eigenvalue weighted by Crippen LogP contribution is -2.14. The Balaban J connectivity index is 1.29. The van der Waals surface area contributed by atoms with Gasteiger partial charge < -0.3 is 9.32 Å². The van der Waals surface area contributed by atoms with Crippen molar-refractivity contribution < 1.29 is 4.42 Å². The van der Waals surface area contributed by atoms with Crippen molar-refractivity contribution in [2.45, 2.75) is 26.2 Å². The molecule has 0 radical (unpaired) electrons. The fourth-order valence-electron chi connectivity index (χ4n) is 7.36. The van der Waals surface area contributed by atoms with Crippen molar-refractivity contribution in [3.63, 3.8) is 0 Å². The van der Waals surface area contributed by atoms with Crippen LogP contribution in [0.25, 0.3) is 65.7 Å². The van der Waals surface area contributed by atoms with Crippen molar-refractivity contribution >= 4 is 60.5 Å². The van der Waals surface area contributed by atoms with Crippen LogP contribution in [0.1, 0.15) is 26.3 Å². The smallest absolute Gasteiger partial charge is 0.137 e. The molecule has 0 bridgehead atoms. The van der Waals surface area contributed by atoms with E-state index in [-0.39, 0.29) is 5.41 Å². The van der Waals surface area contributed by atoms with E-state index >= 15 is 0 Å². The van der Waals surface area contributed by atoms with Gasteiger partial charge in [0.05, 0.1) is 5.69 Å². The van der Waals surface area contributed by atoms with Gasteiger partial charge in [-0.1, -0.05) is 136 Å². The number of hydrogen-bond acceptors (Lipinski definition) is 2. The molecule has 0 spiro atoms.